The van der Waals surface area contributed by atoms with Crippen molar-refractivity contribution in [3.8, 4) is 5.75 Å². The van der Waals surface area contributed by atoms with Crippen LogP contribution < -0.4 is 10.1 Å². The molecular formula is C17H25NO2. The molecule has 1 aliphatic rings. The number of amides is 1. The maximum absolute atomic E-state index is 12.1. The lowest BCUT2D eigenvalue weighted by Crippen LogP contribution is -2.41. The second kappa shape index (κ2) is 7.32. The van der Waals surface area contributed by atoms with Crippen LogP contribution in [0.3, 0.4) is 0 Å². The first-order chi connectivity index (χ1) is 9.70. The Morgan fingerprint density at radius 1 is 1.30 bits per heavy atom. The molecule has 3 heteroatoms. The number of ether oxygens (including phenoxy) is 1. The van der Waals surface area contributed by atoms with Crippen LogP contribution >= 0.6 is 0 Å². The van der Waals surface area contributed by atoms with Crippen LogP contribution in [-0.4, -0.2) is 19.1 Å². The van der Waals surface area contributed by atoms with E-state index in [0.717, 1.165) is 24.2 Å². The molecule has 0 bridgehead atoms. The van der Waals surface area contributed by atoms with Crippen LogP contribution in [0, 0.1) is 5.92 Å². The summed E-state index contributed by atoms with van der Waals surface area (Å²) in [5, 5.41) is 3.20. The Kier molecular flexibility index (Phi) is 5.45. The van der Waals surface area contributed by atoms with Gasteiger partial charge in [0.25, 0.3) is 0 Å². The molecule has 2 atom stereocenters. The first kappa shape index (κ1) is 14.9. The molecule has 1 fully saturated rings. The molecule has 0 aromatic heterocycles. The monoisotopic (exact) mass is 275 g/mol. The molecule has 3 nitrogen and oxygen atoms in total. The fraction of sp³-hybridized carbons (Fsp3) is 0.588. The van der Waals surface area contributed by atoms with E-state index in [1.54, 1.807) is 7.11 Å². The normalized spacial score (nSPS) is 22.3. The van der Waals surface area contributed by atoms with E-state index in [-0.39, 0.29) is 5.91 Å². The zero-order valence-electron chi connectivity index (χ0n) is 12.5. The summed E-state index contributed by atoms with van der Waals surface area (Å²) in [5.74, 6) is 1.64. The summed E-state index contributed by atoms with van der Waals surface area (Å²) in [6.45, 7) is 2.24. The van der Waals surface area contributed by atoms with Gasteiger partial charge in [-0.15, -0.1) is 0 Å². The molecule has 1 N–H and O–H groups in total. The number of aryl methyl sites for hydroxylation is 1. The van der Waals surface area contributed by atoms with Crippen LogP contribution in [0.5, 0.6) is 5.75 Å². The highest BCUT2D eigenvalue weighted by Gasteiger charge is 2.22. The molecule has 2 unspecified atom stereocenters. The second-order valence-electron chi connectivity index (χ2n) is 5.75. The zero-order valence-corrected chi connectivity index (χ0v) is 12.5. The highest BCUT2D eigenvalue weighted by Crippen LogP contribution is 2.24. The van der Waals surface area contributed by atoms with Crippen LogP contribution in [-0.2, 0) is 11.2 Å². The van der Waals surface area contributed by atoms with Gasteiger partial charge >= 0.3 is 0 Å². The van der Waals surface area contributed by atoms with Crippen LogP contribution in [0.1, 0.15) is 44.6 Å². The maximum atomic E-state index is 12.1. The fourth-order valence-corrected chi connectivity index (χ4v) is 2.97. The van der Waals surface area contributed by atoms with Crippen LogP contribution in [0.15, 0.2) is 24.3 Å². The van der Waals surface area contributed by atoms with E-state index in [1.165, 1.54) is 19.3 Å². The van der Waals surface area contributed by atoms with E-state index in [1.807, 2.05) is 24.3 Å². The largest absolute Gasteiger partial charge is 0.496 e. The lowest BCUT2D eigenvalue weighted by Gasteiger charge is -2.29. The molecule has 0 spiro atoms. The first-order valence-electron chi connectivity index (χ1n) is 7.62. The van der Waals surface area contributed by atoms with E-state index in [2.05, 4.69) is 12.2 Å². The summed E-state index contributed by atoms with van der Waals surface area (Å²) < 4.78 is 5.31. The topological polar surface area (TPSA) is 38.3 Å². The smallest absolute Gasteiger partial charge is 0.220 e. The molecule has 0 heterocycles. The van der Waals surface area contributed by atoms with Crippen molar-refractivity contribution >= 4 is 5.91 Å². The number of carbonyl (C=O) groups excluding carboxylic acids is 1. The highest BCUT2D eigenvalue weighted by atomic mass is 16.5. The zero-order chi connectivity index (χ0) is 14.4. The Morgan fingerprint density at radius 3 is 2.80 bits per heavy atom. The van der Waals surface area contributed by atoms with Crippen molar-refractivity contribution < 1.29 is 9.53 Å². The lowest BCUT2D eigenvalue weighted by atomic mass is 9.86. The molecule has 0 radical (unpaired) electrons. The maximum Gasteiger partial charge on any atom is 0.220 e. The van der Waals surface area contributed by atoms with Crippen molar-refractivity contribution in [3.63, 3.8) is 0 Å². The fourth-order valence-electron chi connectivity index (χ4n) is 2.97. The molecule has 110 valence electrons. The number of methoxy groups -OCH3 is 1. The third-order valence-electron chi connectivity index (χ3n) is 4.27. The van der Waals surface area contributed by atoms with Gasteiger partial charge in [0, 0.05) is 12.5 Å². The summed E-state index contributed by atoms with van der Waals surface area (Å²) in [4.78, 5) is 12.1. The van der Waals surface area contributed by atoms with Crippen molar-refractivity contribution in [3.05, 3.63) is 29.8 Å². The molecular weight excluding hydrogens is 250 g/mol. The Labute approximate surface area is 121 Å². The number of nitrogens with one attached hydrogen (secondary N) is 1. The van der Waals surface area contributed by atoms with Gasteiger partial charge in [0.05, 0.1) is 7.11 Å². The van der Waals surface area contributed by atoms with Gasteiger partial charge in [-0.1, -0.05) is 38.0 Å². The van der Waals surface area contributed by atoms with Gasteiger partial charge in [-0.05, 0) is 36.8 Å². The minimum atomic E-state index is 0.162. The molecule has 1 saturated carbocycles. The number of benzene rings is 1. The predicted octanol–water partition coefficient (Wildman–Crippen LogP) is 3.32. The number of carbonyl (C=O) groups is 1. The average Bonchev–Trinajstić information content (AvgIpc) is 2.48. The van der Waals surface area contributed by atoms with Gasteiger partial charge in [-0.2, -0.15) is 0 Å². The van der Waals surface area contributed by atoms with Crippen molar-refractivity contribution in [2.24, 2.45) is 5.92 Å². The Hall–Kier alpha value is -1.51. The van der Waals surface area contributed by atoms with Gasteiger partial charge in [0.2, 0.25) is 5.91 Å². The molecule has 0 saturated heterocycles. The minimum Gasteiger partial charge on any atom is -0.496 e. The quantitative estimate of drug-likeness (QED) is 0.895. The Morgan fingerprint density at radius 2 is 2.05 bits per heavy atom. The van der Waals surface area contributed by atoms with Crippen molar-refractivity contribution in [1.82, 2.24) is 5.32 Å². The van der Waals surface area contributed by atoms with Gasteiger partial charge in [-0.25, -0.2) is 0 Å². The van der Waals surface area contributed by atoms with Crippen LogP contribution in [0.4, 0.5) is 0 Å². The third kappa shape index (κ3) is 3.99. The summed E-state index contributed by atoms with van der Waals surface area (Å²) in [5.41, 5.74) is 1.10. The lowest BCUT2D eigenvalue weighted by molar-refractivity contribution is -0.122. The van der Waals surface area contributed by atoms with E-state index in [4.69, 9.17) is 4.74 Å². The third-order valence-corrected chi connectivity index (χ3v) is 4.27. The van der Waals surface area contributed by atoms with Crippen molar-refractivity contribution in [2.45, 2.75) is 51.5 Å². The predicted molar refractivity (Wildman–Crippen MR) is 80.9 cm³/mol. The number of rotatable bonds is 5. The van der Waals surface area contributed by atoms with E-state index in [9.17, 15) is 4.79 Å². The van der Waals surface area contributed by atoms with E-state index >= 15 is 0 Å². The molecule has 1 aliphatic carbocycles. The van der Waals surface area contributed by atoms with Gasteiger partial charge < -0.3 is 10.1 Å². The van der Waals surface area contributed by atoms with E-state index < -0.39 is 0 Å². The molecule has 2 rings (SSSR count). The number of para-hydroxylation sites is 1. The van der Waals surface area contributed by atoms with Crippen molar-refractivity contribution in [2.75, 3.05) is 7.11 Å². The van der Waals surface area contributed by atoms with Gasteiger partial charge in [0.1, 0.15) is 5.75 Å². The van der Waals surface area contributed by atoms with Gasteiger partial charge in [0.15, 0.2) is 0 Å². The highest BCUT2D eigenvalue weighted by molar-refractivity contribution is 5.76. The number of hydrogen-bond acceptors (Lipinski definition) is 2. The van der Waals surface area contributed by atoms with Gasteiger partial charge in [-0.3, -0.25) is 4.79 Å². The molecule has 1 amide bonds. The molecule has 0 aliphatic heterocycles. The van der Waals surface area contributed by atoms with Crippen LogP contribution in [0.25, 0.3) is 0 Å². The SMILES string of the molecule is COc1ccccc1CCC(=O)NC1CCCCC1C. The Balaban J connectivity index is 1.82. The molecule has 1 aromatic rings. The summed E-state index contributed by atoms with van der Waals surface area (Å²) >= 11 is 0. The first-order valence-corrected chi connectivity index (χ1v) is 7.62. The standard InChI is InChI=1S/C17H25NO2/c1-13-7-3-5-9-15(13)18-17(19)12-11-14-8-4-6-10-16(14)20-2/h4,6,8,10,13,15H,3,5,7,9,11-12H2,1-2H3,(H,18,19). The Bertz CT molecular complexity index is 444. The second-order valence-corrected chi connectivity index (χ2v) is 5.75. The summed E-state index contributed by atoms with van der Waals surface area (Å²) in [6.07, 6.45) is 6.16. The summed E-state index contributed by atoms with van der Waals surface area (Å²) in [7, 11) is 1.67. The average molecular weight is 275 g/mol. The molecule has 1 aromatic carbocycles. The number of hydrogen-bond donors (Lipinski definition) is 1. The van der Waals surface area contributed by atoms with E-state index in [0.29, 0.717) is 18.4 Å². The van der Waals surface area contributed by atoms with Crippen molar-refractivity contribution in [1.29, 1.82) is 0 Å². The van der Waals surface area contributed by atoms with Crippen LogP contribution in [0.2, 0.25) is 0 Å². The molecule has 20 heavy (non-hydrogen) atoms. The summed E-state index contributed by atoms with van der Waals surface area (Å²) in [6, 6.07) is 8.27. The minimum absolute atomic E-state index is 0.162.